The van der Waals surface area contributed by atoms with Gasteiger partial charge in [0.1, 0.15) is 6.33 Å². The van der Waals surface area contributed by atoms with Gasteiger partial charge in [0.05, 0.1) is 11.0 Å². The molecule has 1 aromatic heterocycles. The minimum absolute atomic E-state index is 0.0488. The van der Waals surface area contributed by atoms with Crippen molar-refractivity contribution in [3.63, 3.8) is 0 Å². The molecular weight excluding hydrogens is 166 g/mol. The Morgan fingerprint density at radius 1 is 1.54 bits per heavy atom. The van der Waals surface area contributed by atoms with E-state index in [4.69, 9.17) is 5.73 Å². The van der Waals surface area contributed by atoms with Gasteiger partial charge in [-0.05, 0) is 18.2 Å². The van der Waals surface area contributed by atoms with Crippen molar-refractivity contribution < 1.29 is 4.79 Å². The number of nitrogens with zero attached hydrogens (tertiary/aromatic N) is 2. The first-order valence-electron chi connectivity index (χ1n) is 3.92. The minimum Gasteiger partial charge on any atom is -0.399 e. The Balaban J connectivity index is 2.76. The lowest BCUT2D eigenvalue weighted by atomic mass is 10.3. The fraction of sp³-hybridized carbons (Fsp3) is 0.111. The van der Waals surface area contributed by atoms with Gasteiger partial charge in [0.2, 0.25) is 5.91 Å². The van der Waals surface area contributed by atoms with Crippen molar-refractivity contribution >= 4 is 22.6 Å². The molecule has 66 valence electrons. The summed E-state index contributed by atoms with van der Waals surface area (Å²) in [4.78, 5) is 15.2. The van der Waals surface area contributed by atoms with E-state index in [1.165, 1.54) is 17.8 Å². The van der Waals surface area contributed by atoms with E-state index in [2.05, 4.69) is 4.98 Å². The maximum atomic E-state index is 11.1. The van der Waals surface area contributed by atoms with Crippen molar-refractivity contribution in [2.75, 3.05) is 5.73 Å². The van der Waals surface area contributed by atoms with E-state index in [-0.39, 0.29) is 5.91 Å². The summed E-state index contributed by atoms with van der Waals surface area (Å²) in [5.74, 6) is -0.0488. The van der Waals surface area contributed by atoms with Crippen LogP contribution < -0.4 is 5.73 Å². The molecule has 0 amide bonds. The van der Waals surface area contributed by atoms with Gasteiger partial charge in [-0.25, -0.2) is 4.98 Å². The molecular formula is C9H9N3O. The van der Waals surface area contributed by atoms with Crippen molar-refractivity contribution in [3.05, 3.63) is 24.5 Å². The zero-order valence-electron chi connectivity index (χ0n) is 7.19. The smallest absolute Gasteiger partial charge is 0.229 e. The summed E-state index contributed by atoms with van der Waals surface area (Å²) in [5.41, 5.74) is 7.77. The molecule has 0 bridgehead atoms. The number of hydrogen-bond donors (Lipinski definition) is 1. The average Bonchev–Trinajstić information content (AvgIpc) is 2.46. The monoisotopic (exact) mass is 175 g/mol. The van der Waals surface area contributed by atoms with Crippen LogP contribution in [0.5, 0.6) is 0 Å². The lowest BCUT2D eigenvalue weighted by Gasteiger charge is -1.97. The van der Waals surface area contributed by atoms with Gasteiger partial charge in [0.15, 0.2) is 0 Å². The van der Waals surface area contributed by atoms with E-state index in [0.717, 1.165) is 11.0 Å². The maximum absolute atomic E-state index is 11.1. The molecule has 0 spiro atoms. The summed E-state index contributed by atoms with van der Waals surface area (Å²) in [6, 6.07) is 5.29. The number of carbonyl (C=O) groups excluding carboxylic acids is 1. The van der Waals surface area contributed by atoms with Gasteiger partial charge in [-0.15, -0.1) is 0 Å². The van der Waals surface area contributed by atoms with E-state index < -0.39 is 0 Å². The van der Waals surface area contributed by atoms with Gasteiger partial charge in [-0.2, -0.15) is 0 Å². The van der Waals surface area contributed by atoms with Crippen LogP contribution in [0.3, 0.4) is 0 Å². The van der Waals surface area contributed by atoms with E-state index >= 15 is 0 Å². The van der Waals surface area contributed by atoms with E-state index in [1.807, 2.05) is 0 Å². The number of aromatic nitrogens is 2. The fourth-order valence-corrected chi connectivity index (χ4v) is 1.28. The van der Waals surface area contributed by atoms with Gasteiger partial charge < -0.3 is 5.73 Å². The molecule has 0 aliphatic carbocycles. The number of nitrogen functional groups attached to an aromatic ring is 1. The van der Waals surface area contributed by atoms with Crippen LogP contribution in [-0.2, 0) is 0 Å². The largest absolute Gasteiger partial charge is 0.399 e. The third kappa shape index (κ3) is 1.16. The number of anilines is 1. The van der Waals surface area contributed by atoms with Gasteiger partial charge in [-0.1, -0.05) is 0 Å². The first-order chi connectivity index (χ1) is 6.18. The zero-order valence-corrected chi connectivity index (χ0v) is 7.19. The van der Waals surface area contributed by atoms with Crippen LogP contribution in [0.2, 0.25) is 0 Å². The first-order valence-corrected chi connectivity index (χ1v) is 3.92. The van der Waals surface area contributed by atoms with Crippen LogP contribution in [0, 0.1) is 0 Å². The zero-order chi connectivity index (χ0) is 9.42. The Kier molecular flexibility index (Phi) is 1.55. The number of rotatable bonds is 0. The molecule has 4 nitrogen and oxygen atoms in total. The van der Waals surface area contributed by atoms with Crippen molar-refractivity contribution in [1.82, 2.24) is 9.55 Å². The van der Waals surface area contributed by atoms with E-state index in [0.29, 0.717) is 5.69 Å². The number of benzene rings is 1. The molecule has 2 rings (SSSR count). The Labute approximate surface area is 75.0 Å². The standard InChI is InChI=1S/C9H9N3O/c1-6(13)12-5-11-8-4-7(10)2-3-9(8)12/h2-5H,10H2,1H3. The van der Waals surface area contributed by atoms with Crippen LogP contribution >= 0.6 is 0 Å². The van der Waals surface area contributed by atoms with Gasteiger partial charge in [-0.3, -0.25) is 9.36 Å². The van der Waals surface area contributed by atoms with Crippen molar-refractivity contribution in [3.8, 4) is 0 Å². The highest BCUT2D eigenvalue weighted by atomic mass is 16.1. The van der Waals surface area contributed by atoms with Gasteiger partial charge >= 0.3 is 0 Å². The SMILES string of the molecule is CC(=O)n1cnc2cc(N)ccc21. The summed E-state index contributed by atoms with van der Waals surface area (Å²) in [6.07, 6.45) is 1.51. The second-order valence-electron chi connectivity index (χ2n) is 2.88. The van der Waals surface area contributed by atoms with Gasteiger partial charge in [0, 0.05) is 12.6 Å². The number of fused-ring (bicyclic) bond motifs is 1. The molecule has 1 aromatic carbocycles. The van der Waals surface area contributed by atoms with Crippen molar-refractivity contribution in [1.29, 1.82) is 0 Å². The van der Waals surface area contributed by atoms with Crippen LogP contribution in [0.4, 0.5) is 5.69 Å². The summed E-state index contributed by atoms with van der Waals surface area (Å²) in [6.45, 7) is 1.50. The Hall–Kier alpha value is -1.84. The lowest BCUT2D eigenvalue weighted by molar-refractivity contribution is 0.0941. The third-order valence-corrected chi connectivity index (χ3v) is 1.91. The lowest BCUT2D eigenvalue weighted by Crippen LogP contribution is -2.02. The molecule has 0 atom stereocenters. The highest BCUT2D eigenvalue weighted by Crippen LogP contribution is 2.15. The van der Waals surface area contributed by atoms with E-state index in [1.54, 1.807) is 18.2 Å². The predicted octanol–water partition coefficient (Wildman–Crippen LogP) is 1.28. The topological polar surface area (TPSA) is 60.9 Å². The first kappa shape index (κ1) is 7.79. The average molecular weight is 175 g/mol. The van der Waals surface area contributed by atoms with E-state index in [9.17, 15) is 4.79 Å². The molecule has 2 aromatic rings. The normalized spacial score (nSPS) is 10.5. The highest BCUT2D eigenvalue weighted by molar-refractivity contribution is 5.90. The minimum atomic E-state index is -0.0488. The maximum Gasteiger partial charge on any atom is 0.229 e. The molecule has 0 unspecified atom stereocenters. The second-order valence-corrected chi connectivity index (χ2v) is 2.88. The quantitative estimate of drug-likeness (QED) is 0.613. The molecule has 2 N–H and O–H groups in total. The number of carbonyl (C=O) groups is 1. The van der Waals surface area contributed by atoms with Gasteiger partial charge in [0.25, 0.3) is 0 Å². The summed E-state index contributed by atoms with van der Waals surface area (Å²) in [5, 5.41) is 0. The number of imidazole rings is 1. The molecule has 4 heteroatoms. The molecule has 1 heterocycles. The molecule has 13 heavy (non-hydrogen) atoms. The number of nitrogens with two attached hydrogens (primary N) is 1. The number of hydrogen-bond acceptors (Lipinski definition) is 3. The molecule has 0 saturated heterocycles. The second kappa shape index (κ2) is 2.58. The van der Waals surface area contributed by atoms with Crippen LogP contribution in [0.1, 0.15) is 11.7 Å². The third-order valence-electron chi connectivity index (χ3n) is 1.91. The molecule has 0 fully saturated rings. The summed E-state index contributed by atoms with van der Waals surface area (Å²) in [7, 11) is 0. The predicted molar refractivity (Wildman–Crippen MR) is 50.4 cm³/mol. The summed E-state index contributed by atoms with van der Waals surface area (Å²) >= 11 is 0. The van der Waals surface area contributed by atoms with Crippen LogP contribution in [-0.4, -0.2) is 15.5 Å². The summed E-state index contributed by atoms with van der Waals surface area (Å²) < 4.78 is 1.49. The highest BCUT2D eigenvalue weighted by Gasteiger charge is 2.04. The molecule has 0 aliphatic rings. The fourth-order valence-electron chi connectivity index (χ4n) is 1.28. The van der Waals surface area contributed by atoms with Crippen molar-refractivity contribution in [2.45, 2.75) is 6.92 Å². The molecule has 0 radical (unpaired) electrons. The Morgan fingerprint density at radius 2 is 2.31 bits per heavy atom. The Bertz CT molecular complexity index is 473. The molecule has 0 aliphatic heterocycles. The Morgan fingerprint density at radius 3 is 3.00 bits per heavy atom. The van der Waals surface area contributed by atoms with Crippen molar-refractivity contribution in [2.24, 2.45) is 0 Å². The van der Waals surface area contributed by atoms with Crippen LogP contribution in [0.15, 0.2) is 24.5 Å². The molecule has 0 saturated carbocycles. The van der Waals surface area contributed by atoms with Crippen LogP contribution in [0.25, 0.3) is 11.0 Å².